The topological polar surface area (TPSA) is 77.8 Å². The van der Waals surface area contributed by atoms with Gasteiger partial charge in [-0.15, -0.1) is 0 Å². The van der Waals surface area contributed by atoms with Crippen LogP contribution in [0.4, 0.5) is 0 Å². The van der Waals surface area contributed by atoms with E-state index in [0.717, 1.165) is 12.8 Å². The maximum absolute atomic E-state index is 10.6. The normalized spacial score (nSPS) is 27.3. The zero-order chi connectivity index (χ0) is 18.9. The smallest absolute Gasteiger partial charge is 0.305 e. The van der Waals surface area contributed by atoms with Gasteiger partial charge in [-0.05, 0) is 35.0 Å². The van der Waals surface area contributed by atoms with Crippen molar-refractivity contribution in [2.45, 2.75) is 44.8 Å². The Morgan fingerprint density at radius 2 is 2.04 bits per heavy atom. The molecule has 3 N–H and O–H groups in total. The van der Waals surface area contributed by atoms with E-state index in [1.807, 2.05) is 24.3 Å². The summed E-state index contributed by atoms with van der Waals surface area (Å²) in [4.78, 5) is 10.6. The third-order valence-corrected chi connectivity index (χ3v) is 5.55. The van der Waals surface area contributed by atoms with Crippen LogP contribution in [-0.2, 0) is 4.79 Å². The van der Waals surface area contributed by atoms with E-state index < -0.39 is 18.2 Å². The van der Waals surface area contributed by atoms with Crippen LogP contribution in [0.25, 0.3) is 5.57 Å². The largest absolute Gasteiger partial charge is 0.481 e. The number of aliphatic hydroxyl groups excluding tert-OH is 2. The lowest BCUT2D eigenvalue weighted by Crippen LogP contribution is -2.19. The second-order valence-electron chi connectivity index (χ2n) is 7.76. The first kappa shape index (κ1) is 18.6. The molecule has 0 amide bonds. The molecular weight excluding hydrogens is 328 g/mol. The first-order valence-corrected chi connectivity index (χ1v) is 9.04. The zero-order valence-electron chi connectivity index (χ0n) is 15.1. The first-order chi connectivity index (χ1) is 12.3. The van der Waals surface area contributed by atoms with E-state index in [9.17, 15) is 15.0 Å². The van der Waals surface area contributed by atoms with E-state index in [-0.39, 0.29) is 18.3 Å². The van der Waals surface area contributed by atoms with Crippen molar-refractivity contribution in [3.63, 3.8) is 0 Å². The Morgan fingerprint density at radius 3 is 2.69 bits per heavy atom. The first-order valence-electron chi connectivity index (χ1n) is 9.04. The Morgan fingerprint density at radius 1 is 1.35 bits per heavy atom. The molecule has 0 aliphatic heterocycles. The highest BCUT2D eigenvalue weighted by molar-refractivity contribution is 5.80. The van der Waals surface area contributed by atoms with Crippen molar-refractivity contribution >= 4 is 11.5 Å². The number of hydrogen-bond acceptors (Lipinski definition) is 3. The number of fused-ring (bicyclic) bond motifs is 2. The lowest BCUT2D eigenvalue weighted by Gasteiger charge is -2.27. The second kappa shape index (κ2) is 7.22. The maximum Gasteiger partial charge on any atom is 0.305 e. The van der Waals surface area contributed by atoms with Gasteiger partial charge in [0.05, 0.1) is 18.6 Å². The minimum absolute atomic E-state index is 0.0167. The molecule has 0 heterocycles. The van der Waals surface area contributed by atoms with Crippen molar-refractivity contribution in [1.29, 1.82) is 0 Å². The molecule has 2 aliphatic rings. The van der Waals surface area contributed by atoms with E-state index in [2.05, 4.69) is 25.6 Å². The van der Waals surface area contributed by atoms with Crippen LogP contribution in [0.3, 0.4) is 0 Å². The molecule has 4 nitrogen and oxygen atoms in total. The van der Waals surface area contributed by atoms with Crippen LogP contribution in [0, 0.1) is 11.3 Å². The lowest BCUT2D eigenvalue weighted by molar-refractivity contribution is -0.139. The van der Waals surface area contributed by atoms with Crippen molar-refractivity contribution in [2.24, 2.45) is 11.3 Å². The third-order valence-electron chi connectivity index (χ3n) is 5.55. The molecule has 26 heavy (non-hydrogen) atoms. The predicted molar refractivity (Wildman–Crippen MR) is 101 cm³/mol. The zero-order valence-corrected chi connectivity index (χ0v) is 15.1. The van der Waals surface area contributed by atoms with Gasteiger partial charge < -0.3 is 15.3 Å². The van der Waals surface area contributed by atoms with Crippen LogP contribution in [-0.4, -0.2) is 33.5 Å². The van der Waals surface area contributed by atoms with E-state index in [1.165, 1.54) is 22.3 Å². The van der Waals surface area contributed by atoms with E-state index in [4.69, 9.17) is 5.11 Å². The van der Waals surface area contributed by atoms with Crippen molar-refractivity contribution < 1.29 is 20.1 Å². The fourth-order valence-electron chi connectivity index (χ4n) is 4.43. The third kappa shape index (κ3) is 3.67. The van der Waals surface area contributed by atoms with Crippen molar-refractivity contribution in [1.82, 2.24) is 0 Å². The Kier molecular flexibility index (Phi) is 5.17. The van der Waals surface area contributed by atoms with E-state index in [0.29, 0.717) is 5.92 Å². The molecular formula is C22H26O4. The van der Waals surface area contributed by atoms with Crippen molar-refractivity contribution in [3.8, 4) is 0 Å². The number of aliphatic hydroxyl groups is 2. The molecule has 0 spiro atoms. The highest BCUT2D eigenvalue weighted by Crippen LogP contribution is 2.62. The van der Waals surface area contributed by atoms with E-state index in [1.54, 1.807) is 6.08 Å². The second-order valence-corrected chi connectivity index (χ2v) is 7.76. The van der Waals surface area contributed by atoms with Gasteiger partial charge in [-0.1, -0.05) is 61.6 Å². The summed E-state index contributed by atoms with van der Waals surface area (Å²) in [6, 6.07) is 10.3. The summed E-state index contributed by atoms with van der Waals surface area (Å²) >= 11 is 0. The lowest BCUT2D eigenvalue weighted by atomic mass is 9.77. The summed E-state index contributed by atoms with van der Waals surface area (Å²) < 4.78 is 0. The van der Waals surface area contributed by atoms with Crippen molar-refractivity contribution in [2.75, 3.05) is 0 Å². The molecule has 1 aromatic rings. The van der Waals surface area contributed by atoms with Gasteiger partial charge in [0.1, 0.15) is 0 Å². The summed E-state index contributed by atoms with van der Waals surface area (Å²) in [6.07, 6.45) is 3.36. The Labute approximate surface area is 154 Å². The molecule has 3 rings (SSSR count). The SMILES string of the molecule is C=C1CC2(C)CC1C(c1ccccc1)=C2C=CC(O)CC(O)CC(=O)O. The minimum Gasteiger partial charge on any atom is -0.481 e. The number of allylic oxidation sites excluding steroid dienone is 4. The summed E-state index contributed by atoms with van der Waals surface area (Å²) in [7, 11) is 0. The molecule has 2 aliphatic carbocycles. The number of carboxylic acids is 1. The van der Waals surface area contributed by atoms with Crippen LogP contribution in [0.5, 0.6) is 0 Å². The molecule has 0 saturated heterocycles. The van der Waals surface area contributed by atoms with Crippen LogP contribution in [0.1, 0.15) is 38.2 Å². The Hall–Kier alpha value is -2.17. The number of benzene rings is 1. The van der Waals surface area contributed by atoms with Gasteiger partial charge in [0.15, 0.2) is 0 Å². The molecule has 1 aromatic carbocycles. The predicted octanol–water partition coefficient (Wildman–Crippen LogP) is 3.57. The van der Waals surface area contributed by atoms with Crippen LogP contribution >= 0.6 is 0 Å². The maximum atomic E-state index is 10.6. The van der Waals surface area contributed by atoms with Gasteiger partial charge in [-0.3, -0.25) is 4.79 Å². The standard InChI is InChI=1S/C22H26O4/c1-14-12-22(2)13-18(14)21(15-6-4-3-5-7-15)19(22)9-8-16(23)10-17(24)11-20(25)26/h3-9,16-18,23-24H,1,10-13H2,2H3,(H,25,26). The number of hydrogen-bond donors (Lipinski definition) is 3. The van der Waals surface area contributed by atoms with E-state index >= 15 is 0 Å². The molecule has 4 unspecified atom stereocenters. The monoisotopic (exact) mass is 354 g/mol. The molecule has 0 radical (unpaired) electrons. The number of carboxylic acid groups (broad SMARTS) is 1. The van der Waals surface area contributed by atoms with Gasteiger partial charge in [0.25, 0.3) is 0 Å². The molecule has 138 valence electrons. The Balaban J connectivity index is 1.85. The van der Waals surface area contributed by atoms with Gasteiger partial charge in [-0.25, -0.2) is 0 Å². The minimum atomic E-state index is -1.07. The number of rotatable bonds is 7. The fourth-order valence-corrected chi connectivity index (χ4v) is 4.43. The van der Waals surface area contributed by atoms with Crippen LogP contribution < -0.4 is 0 Å². The quantitative estimate of drug-likeness (QED) is 0.654. The average molecular weight is 354 g/mol. The molecule has 1 saturated carbocycles. The molecule has 2 bridgehead atoms. The highest BCUT2D eigenvalue weighted by atomic mass is 16.4. The average Bonchev–Trinajstić information content (AvgIpc) is 3.01. The summed E-state index contributed by atoms with van der Waals surface area (Å²) in [6.45, 7) is 6.49. The van der Waals surface area contributed by atoms with Gasteiger partial charge >= 0.3 is 5.97 Å². The molecule has 4 heteroatoms. The van der Waals surface area contributed by atoms with Gasteiger partial charge in [0.2, 0.25) is 0 Å². The highest BCUT2D eigenvalue weighted by Gasteiger charge is 2.48. The Bertz CT molecular complexity index is 762. The summed E-state index contributed by atoms with van der Waals surface area (Å²) in [5.74, 6) is -0.723. The summed E-state index contributed by atoms with van der Waals surface area (Å²) in [5, 5.41) is 28.6. The molecule has 1 fully saturated rings. The fraction of sp³-hybridized carbons (Fsp3) is 0.409. The molecule has 4 atom stereocenters. The van der Waals surface area contributed by atoms with Crippen molar-refractivity contribution in [3.05, 3.63) is 65.8 Å². The number of aliphatic carboxylic acids is 1. The number of carbonyl (C=O) groups is 1. The molecule has 0 aromatic heterocycles. The van der Waals surface area contributed by atoms with Crippen LogP contribution in [0.15, 0.2) is 60.2 Å². The van der Waals surface area contributed by atoms with Gasteiger partial charge in [-0.2, -0.15) is 0 Å². The van der Waals surface area contributed by atoms with Crippen LogP contribution in [0.2, 0.25) is 0 Å². The summed E-state index contributed by atoms with van der Waals surface area (Å²) in [5.41, 5.74) is 4.96. The van der Waals surface area contributed by atoms with Gasteiger partial charge in [0, 0.05) is 12.3 Å².